The van der Waals surface area contributed by atoms with Crippen LogP contribution in [0.3, 0.4) is 0 Å². The van der Waals surface area contributed by atoms with Gasteiger partial charge < -0.3 is 14.6 Å². The summed E-state index contributed by atoms with van der Waals surface area (Å²) in [6.45, 7) is 12.6. The van der Waals surface area contributed by atoms with Gasteiger partial charge in [0.1, 0.15) is 12.2 Å². The molecule has 1 saturated heterocycles. The Bertz CT molecular complexity index is 751. The zero-order valence-electron chi connectivity index (χ0n) is 20.0. The first-order valence-corrected chi connectivity index (χ1v) is 12.0. The maximum Gasteiger partial charge on any atom is 0.311 e. The maximum atomic E-state index is 13.0. The minimum Gasteiger partial charge on any atom is -0.462 e. The van der Waals surface area contributed by atoms with Crippen molar-refractivity contribution in [3.8, 4) is 0 Å². The van der Waals surface area contributed by atoms with Crippen LogP contribution in [0, 0.1) is 28.6 Å². The van der Waals surface area contributed by atoms with Crippen molar-refractivity contribution >= 4 is 11.9 Å². The number of hydrogen-bond acceptors (Lipinski definition) is 5. The van der Waals surface area contributed by atoms with E-state index in [9.17, 15) is 14.7 Å². The van der Waals surface area contributed by atoms with Crippen molar-refractivity contribution in [2.45, 2.75) is 98.4 Å². The van der Waals surface area contributed by atoms with Gasteiger partial charge in [-0.05, 0) is 62.9 Å². The molecule has 5 nitrogen and oxygen atoms in total. The van der Waals surface area contributed by atoms with Gasteiger partial charge in [0, 0.05) is 11.8 Å². The first-order valence-electron chi connectivity index (χ1n) is 12.0. The van der Waals surface area contributed by atoms with E-state index in [4.69, 9.17) is 9.47 Å². The molecule has 0 bridgehead atoms. The van der Waals surface area contributed by atoms with Crippen LogP contribution in [0.5, 0.6) is 0 Å². The minimum atomic E-state index is -0.610. The molecule has 1 aliphatic heterocycles. The molecule has 5 heteroatoms. The summed E-state index contributed by atoms with van der Waals surface area (Å²) in [6, 6.07) is 0. The highest BCUT2D eigenvalue weighted by Gasteiger charge is 2.51. The van der Waals surface area contributed by atoms with Crippen LogP contribution in [-0.2, 0) is 19.1 Å². The molecular formula is C26H40O5. The summed E-state index contributed by atoms with van der Waals surface area (Å²) < 4.78 is 11.8. The second kappa shape index (κ2) is 9.09. The van der Waals surface area contributed by atoms with Crippen LogP contribution in [-0.4, -0.2) is 35.4 Å². The summed E-state index contributed by atoms with van der Waals surface area (Å²) in [6.07, 6.45) is 9.48. The van der Waals surface area contributed by atoms with Gasteiger partial charge >= 0.3 is 11.9 Å². The van der Waals surface area contributed by atoms with Gasteiger partial charge in [0.15, 0.2) is 0 Å². The monoisotopic (exact) mass is 432 g/mol. The van der Waals surface area contributed by atoms with Crippen LogP contribution in [0.2, 0.25) is 0 Å². The second-order valence-electron chi connectivity index (χ2n) is 10.9. The zero-order valence-corrected chi connectivity index (χ0v) is 20.0. The number of carbonyl (C=O) groups is 2. The summed E-state index contributed by atoms with van der Waals surface area (Å²) in [4.78, 5) is 24.8. The van der Waals surface area contributed by atoms with Crippen molar-refractivity contribution in [2.24, 2.45) is 28.6 Å². The van der Waals surface area contributed by atoms with Gasteiger partial charge in [-0.3, -0.25) is 9.59 Å². The fourth-order valence-corrected chi connectivity index (χ4v) is 5.52. The predicted octanol–water partition coefficient (Wildman–Crippen LogP) is 4.98. The molecule has 0 aromatic carbocycles. The number of hydrogen-bond donors (Lipinski definition) is 1. The van der Waals surface area contributed by atoms with Crippen LogP contribution in [0.15, 0.2) is 23.8 Å². The van der Waals surface area contributed by atoms with E-state index in [0.29, 0.717) is 24.7 Å². The lowest BCUT2D eigenvalue weighted by Gasteiger charge is -2.52. The van der Waals surface area contributed by atoms with Crippen molar-refractivity contribution in [3.63, 3.8) is 0 Å². The Morgan fingerprint density at radius 1 is 1.29 bits per heavy atom. The molecule has 0 saturated carbocycles. The molecule has 7 atom stereocenters. The minimum absolute atomic E-state index is 0.0901. The van der Waals surface area contributed by atoms with Crippen LogP contribution < -0.4 is 0 Å². The SMILES string of the molecule is CCC(C)(C)C(=O)O[C@H]1C[C@@H](C)C=C2C=C[C@H](C)[C@H](CC[C@@H]3C[C@@H](O)CC(=O)O3)[C@]21C. The third kappa shape index (κ3) is 4.92. The van der Waals surface area contributed by atoms with E-state index in [1.54, 1.807) is 0 Å². The van der Waals surface area contributed by atoms with Crippen LogP contribution in [0.1, 0.15) is 80.1 Å². The number of allylic oxidation sites excluding steroid dienone is 3. The van der Waals surface area contributed by atoms with Gasteiger partial charge in [-0.25, -0.2) is 0 Å². The lowest BCUT2D eigenvalue weighted by atomic mass is 9.55. The number of fused-ring (bicyclic) bond motifs is 1. The fraction of sp³-hybridized carbons (Fsp3) is 0.769. The topological polar surface area (TPSA) is 72.8 Å². The van der Waals surface area contributed by atoms with E-state index in [1.807, 2.05) is 20.8 Å². The highest BCUT2D eigenvalue weighted by atomic mass is 16.6. The number of aliphatic hydroxyl groups excluding tert-OH is 1. The van der Waals surface area contributed by atoms with Crippen molar-refractivity contribution in [3.05, 3.63) is 23.8 Å². The summed E-state index contributed by atoms with van der Waals surface area (Å²) in [5.41, 5.74) is 0.471. The molecule has 0 radical (unpaired) electrons. The smallest absolute Gasteiger partial charge is 0.311 e. The van der Waals surface area contributed by atoms with Crippen molar-refractivity contribution in [2.75, 3.05) is 0 Å². The van der Waals surface area contributed by atoms with E-state index in [2.05, 4.69) is 39.0 Å². The Balaban J connectivity index is 1.84. The summed E-state index contributed by atoms with van der Waals surface area (Å²) >= 11 is 0. The van der Waals surface area contributed by atoms with Gasteiger partial charge in [0.2, 0.25) is 0 Å². The second-order valence-corrected chi connectivity index (χ2v) is 10.9. The number of aliphatic hydroxyl groups is 1. The van der Waals surface area contributed by atoms with Crippen molar-refractivity contribution < 1.29 is 24.2 Å². The molecule has 0 amide bonds. The van der Waals surface area contributed by atoms with E-state index in [1.165, 1.54) is 5.57 Å². The molecule has 0 aromatic rings. The van der Waals surface area contributed by atoms with Crippen LogP contribution in [0.4, 0.5) is 0 Å². The average Bonchev–Trinajstić information content (AvgIpc) is 2.68. The molecule has 0 spiro atoms. The van der Waals surface area contributed by atoms with Gasteiger partial charge in [-0.1, -0.05) is 45.9 Å². The number of ether oxygens (including phenoxy) is 2. The summed E-state index contributed by atoms with van der Waals surface area (Å²) in [5.74, 6) is 0.489. The third-order valence-corrected chi connectivity index (χ3v) is 8.05. The third-order valence-electron chi connectivity index (χ3n) is 8.05. The van der Waals surface area contributed by atoms with Gasteiger partial charge in [-0.15, -0.1) is 0 Å². The Hall–Kier alpha value is -1.62. The molecule has 0 aromatic heterocycles. The number of rotatable bonds is 6. The summed E-state index contributed by atoms with van der Waals surface area (Å²) in [7, 11) is 0. The lowest BCUT2D eigenvalue weighted by Crippen LogP contribution is -2.50. The molecule has 31 heavy (non-hydrogen) atoms. The Labute approximate surface area is 187 Å². The Morgan fingerprint density at radius 2 is 2.00 bits per heavy atom. The molecular weight excluding hydrogens is 392 g/mol. The highest BCUT2D eigenvalue weighted by molar-refractivity contribution is 5.76. The predicted molar refractivity (Wildman–Crippen MR) is 120 cm³/mol. The largest absolute Gasteiger partial charge is 0.462 e. The molecule has 2 aliphatic carbocycles. The van der Waals surface area contributed by atoms with Gasteiger partial charge in [0.05, 0.1) is 17.9 Å². The average molecular weight is 433 g/mol. The normalized spacial score (nSPS) is 38.2. The standard InChI is InChI=1S/C26H40O5/c1-7-25(4,5)24(29)31-22-13-16(2)12-18-9-8-17(3)21(26(18,22)6)11-10-20-14-19(27)15-23(28)30-20/h8-9,12,16-17,19-22,27H,7,10-11,13-15H2,1-6H3/t16-,17-,19+,20+,21-,22-,26-/m0/s1. The molecule has 1 N–H and O–H groups in total. The molecule has 0 unspecified atom stereocenters. The van der Waals surface area contributed by atoms with Gasteiger partial charge in [0.25, 0.3) is 0 Å². The zero-order chi connectivity index (χ0) is 23.0. The highest BCUT2D eigenvalue weighted by Crippen LogP contribution is 2.54. The quantitative estimate of drug-likeness (QED) is 0.600. The van der Waals surface area contributed by atoms with Crippen LogP contribution >= 0.6 is 0 Å². The Kier molecular flexibility index (Phi) is 7.05. The van der Waals surface area contributed by atoms with Crippen molar-refractivity contribution in [1.29, 1.82) is 0 Å². The van der Waals surface area contributed by atoms with Crippen molar-refractivity contribution in [1.82, 2.24) is 0 Å². The molecule has 1 heterocycles. The summed E-state index contributed by atoms with van der Waals surface area (Å²) in [5, 5.41) is 9.97. The maximum absolute atomic E-state index is 13.0. The first kappa shape index (κ1) is 24.0. The number of esters is 2. The van der Waals surface area contributed by atoms with E-state index >= 15 is 0 Å². The van der Waals surface area contributed by atoms with Crippen LogP contribution in [0.25, 0.3) is 0 Å². The number of carbonyl (C=O) groups excluding carboxylic acids is 2. The van der Waals surface area contributed by atoms with Gasteiger partial charge in [-0.2, -0.15) is 0 Å². The van der Waals surface area contributed by atoms with E-state index < -0.39 is 11.5 Å². The first-order chi connectivity index (χ1) is 14.5. The van der Waals surface area contributed by atoms with E-state index in [0.717, 1.165) is 19.3 Å². The van der Waals surface area contributed by atoms with E-state index in [-0.39, 0.29) is 41.9 Å². The number of cyclic esters (lactones) is 1. The Morgan fingerprint density at radius 3 is 2.65 bits per heavy atom. The molecule has 3 rings (SSSR count). The fourth-order valence-electron chi connectivity index (χ4n) is 5.52. The molecule has 174 valence electrons. The molecule has 3 aliphatic rings. The molecule has 1 fully saturated rings. The lowest BCUT2D eigenvalue weighted by molar-refractivity contribution is -0.171.